The molecule has 1 aromatic heterocycles. The molecule has 1 saturated heterocycles. The maximum Gasteiger partial charge on any atom is 0.129 e. The van der Waals surface area contributed by atoms with Crippen molar-refractivity contribution in [1.29, 1.82) is 0 Å². The fourth-order valence-electron chi connectivity index (χ4n) is 2.91. The predicted octanol–water partition coefficient (Wildman–Crippen LogP) is 2.57. The molecule has 0 spiro atoms. The minimum absolute atomic E-state index is 0.117. The molecule has 1 fully saturated rings. The lowest BCUT2D eigenvalue weighted by Gasteiger charge is -2.27. The molecule has 3 heteroatoms. The Labute approximate surface area is 119 Å². The number of pyridine rings is 1. The van der Waals surface area contributed by atoms with Crippen molar-refractivity contribution < 1.29 is 5.11 Å². The SMILES string of the molecule is Cc1cccc(N2CC[C@@H](O)[C@@H]2Cc2ccccc2)n1. The van der Waals surface area contributed by atoms with Gasteiger partial charge in [-0.1, -0.05) is 36.4 Å². The number of rotatable bonds is 3. The van der Waals surface area contributed by atoms with Crippen molar-refractivity contribution in [3.8, 4) is 0 Å². The first kappa shape index (κ1) is 13.1. The highest BCUT2D eigenvalue weighted by molar-refractivity contribution is 5.43. The average molecular weight is 268 g/mol. The van der Waals surface area contributed by atoms with Gasteiger partial charge < -0.3 is 10.0 Å². The molecule has 0 bridgehead atoms. The lowest BCUT2D eigenvalue weighted by Crippen LogP contribution is -2.37. The molecule has 0 amide bonds. The second-order valence-electron chi connectivity index (χ2n) is 5.44. The molecule has 20 heavy (non-hydrogen) atoms. The largest absolute Gasteiger partial charge is 0.391 e. The van der Waals surface area contributed by atoms with Crippen LogP contribution in [-0.4, -0.2) is 28.8 Å². The summed E-state index contributed by atoms with van der Waals surface area (Å²) in [5.74, 6) is 0.975. The summed E-state index contributed by atoms with van der Waals surface area (Å²) in [6.45, 7) is 2.87. The third-order valence-corrected chi connectivity index (χ3v) is 3.97. The van der Waals surface area contributed by atoms with Crippen molar-refractivity contribution in [2.24, 2.45) is 0 Å². The molecule has 3 rings (SSSR count). The number of hydrogen-bond donors (Lipinski definition) is 1. The third kappa shape index (κ3) is 2.68. The fourth-order valence-corrected chi connectivity index (χ4v) is 2.91. The van der Waals surface area contributed by atoms with E-state index in [1.807, 2.05) is 43.3 Å². The number of aliphatic hydroxyl groups excluding tert-OH is 1. The van der Waals surface area contributed by atoms with Gasteiger partial charge in [-0.15, -0.1) is 0 Å². The highest BCUT2D eigenvalue weighted by Crippen LogP contribution is 2.26. The number of hydrogen-bond acceptors (Lipinski definition) is 3. The van der Waals surface area contributed by atoms with Gasteiger partial charge in [0.1, 0.15) is 5.82 Å². The maximum atomic E-state index is 10.3. The quantitative estimate of drug-likeness (QED) is 0.929. The van der Waals surface area contributed by atoms with E-state index in [-0.39, 0.29) is 12.1 Å². The predicted molar refractivity (Wildman–Crippen MR) is 80.9 cm³/mol. The van der Waals surface area contributed by atoms with Gasteiger partial charge in [-0.05, 0) is 37.5 Å². The highest BCUT2D eigenvalue weighted by Gasteiger charge is 2.33. The molecule has 104 valence electrons. The van der Waals surface area contributed by atoms with Crippen molar-refractivity contribution in [3.05, 3.63) is 59.8 Å². The van der Waals surface area contributed by atoms with Crippen LogP contribution in [0, 0.1) is 6.92 Å². The Hall–Kier alpha value is -1.87. The van der Waals surface area contributed by atoms with E-state index < -0.39 is 0 Å². The van der Waals surface area contributed by atoms with Crippen molar-refractivity contribution in [1.82, 2.24) is 4.98 Å². The van der Waals surface area contributed by atoms with E-state index >= 15 is 0 Å². The Kier molecular flexibility index (Phi) is 3.70. The van der Waals surface area contributed by atoms with Gasteiger partial charge in [0.05, 0.1) is 12.1 Å². The number of aryl methyl sites for hydroxylation is 1. The molecule has 1 N–H and O–H groups in total. The highest BCUT2D eigenvalue weighted by atomic mass is 16.3. The van der Waals surface area contributed by atoms with Crippen LogP contribution in [0.25, 0.3) is 0 Å². The summed E-state index contributed by atoms with van der Waals surface area (Å²) in [6, 6.07) is 16.5. The van der Waals surface area contributed by atoms with Crippen LogP contribution in [0.15, 0.2) is 48.5 Å². The van der Waals surface area contributed by atoms with Crippen molar-refractivity contribution in [2.75, 3.05) is 11.4 Å². The summed E-state index contributed by atoms with van der Waals surface area (Å²) in [5, 5.41) is 10.3. The van der Waals surface area contributed by atoms with Crippen LogP contribution in [-0.2, 0) is 6.42 Å². The number of aromatic nitrogens is 1. The van der Waals surface area contributed by atoms with Gasteiger partial charge in [0.2, 0.25) is 0 Å². The van der Waals surface area contributed by atoms with Gasteiger partial charge in [0, 0.05) is 12.2 Å². The zero-order chi connectivity index (χ0) is 13.9. The van der Waals surface area contributed by atoms with Gasteiger partial charge in [0.25, 0.3) is 0 Å². The van der Waals surface area contributed by atoms with Crippen molar-refractivity contribution in [2.45, 2.75) is 31.9 Å². The summed E-state index contributed by atoms with van der Waals surface area (Å²) in [4.78, 5) is 6.84. The van der Waals surface area contributed by atoms with E-state index in [0.717, 1.165) is 30.9 Å². The molecule has 0 radical (unpaired) electrons. The summed E-state index contributed by atoms with van der Waals surface area (Å²) >= 11 is 0. The number of aliphatic hydroxyl groups is 1. The average Bonchev–Trinajstić information content (AvgIpc) is 2.82. The summed E-state index contributed by atoms with van der Waals surface area (Å²) in [6.07, 6.45) is 1.39. The lowest BCUT2D eigenvalue weighted by atomic mass is 10.0. The third-order valence-electron chi connectivity index (χ3n) is 3.97. The van der Waals surface area contributed by atoms with E-state index in [1.165, 1.54) is 5.56 Å². The summed E-state index contributed by atoms with van der Waals surface area (Å²) < 4.78 is 0. The Bertz CT molecular complexity index is 570. The first-order valence-corrected chi connectivity index (χ1v) is 7.16. The van der Waals surface area contributed by atoms with Crippen LogP contribution in [0.1, 0.15) is 17.7 Å². The Morgan fingerprint density at radius 1 is 1.15 bits per heavy atom. The first-order valence-electron chi connectivity index (χ1n) is 7.16. The smallest absolute Gasteiger partial charge is 0.129 e. The number of benzene rings is 1. The van der Waals surface area contributed by atoms with Gasteiger partial charge in [-0.2, -0.15) is 0 Å². The van der Waals surface area contributed by atoms with E-state index in [4.69, 9.17) is 0 Å². The van der Waals surface area contributed by atoms with Crippen LogP contribution in [0.4, 0.5) is 5.82 Å². The fraction of sp³-hybridized carbons (Fsp3) is 0.353. The second-order valence-corrected chi connectivity index (χ2v) is 5.44. The monoisotopic (exact) mass is 268 g/mol. The summed E-state index contributed by atoms with van der Waals surface area (Å²) in [5.41, 5.74) is 2.28. The molecule has 1 aliphatic heterocycles. The molecule has 2 heterocycles. The van der Waals surface area contributed by atoms with E-state index in [0.29, 0.717) is 0 Å². The zero-order valence-electron chi connectivity index (χ0n) is 11.7. The number of anilines is 1. The Balaban J connectivity index is 1.83. The lowest BCUT2D eigenvalue weighted by molar-refractivity contribution is 0.164. The molecule has 0 aliphatic carbocycles. The molecule has 1 aromatic carbocycles. The normalized spacial score (nSPS) is 22.2. The molecule has 2 aromatic rings. The molecule has 2 atom stereocenters. The molecular weight excluding hydrogens is 248 g/mol. The zero-order valence-corrected chi connectivity index (χ0v) is 11.7. The van der Waals surface area contributed by atoms with Crippen molar-refractivity contribution >= 4 is 5.82 Å². The van der Waals surface area contributed by atoms with Crippen molar-refractivity contribution in [3.63, 3.8) is 0 Å². The molecular formula is C17H20N2O. The van der Waals surface area contributed by atoms with Crippen LogP contribution in [0.5, 0.6) is 0 Å². The van der Waals surface area contributed by atoms with Gasteiger partial charge in [0.15, 0.2) is 0 Å². The molecule has 0 saturated carbocycles. The van der Waals surface area contributed by atoms with Crippen LogP contribution >= 0.6 is 0 Å². The molecule has 3 nitrogen and oxygen atoms in total. The van der Waals surface area contributed by atoms with Gasteiger partial charge >= 0.3 is 0 Å². The minimum Gasteiger partial charge on any atom is -0.391 e. The van der Waals surface area contributed by atoms with Gasteiger partial charge in [-0.3, -0.25) is 0 Å². The number of nitrogens with zero attached hydrogens (tertiary/aromatic N) is 2. The van der Waals surface area contributed by atoms with Crippen LogP contribution in [0.3, 0.4) is 0 Å². The Morgan fingerprint density at radius 3 is 2.70 bits per heavy atom. The molecule has 0 unspecified atom stereocenters. The van der Waals surface area contributed by atoms with E-state index in [1.54, 1.807) is 0 Å². The first-order chi connectivity index (χ1) is 9.74. The second kappa shape index (κ2) is 5.63. The summed E-state index contributed by atoms with van der Waals surface area (Å²) in [7, 11) is 0. The standard InChI is InChI=1S/C17H20N2O/c1-13-6-5-9-17(18-13)19-11-10-16(20)15(19)12-14-7-3-2-4-8-14/h2-9,15-16,20H,10-12H2,1H3/t15-,16+/m0/s1. The molecule has 1 aliphatic rings. The van der Waals surface area contributed by atoms with Gasteiger partial charge in [-0.25, -0.2) is 4.98 Å². The maximum absolute atomic E-state index is 10.3. The van der Waals surface area contributed by atoms with E-state index in [9.17, 15) is 5.11 Å². The van der Waals surface area contributed by atoms with E-state index in [2.05, 4.69) is 22.0 Å². The minimum atomic E-state index is -0.280. The van der Waals surface area contributed by atoms with Crippen LogP contribution in [0.2, 0.25) is 0 Å². The topological polar surface area (TPSA) is 36.4 Å². The Morgan fingerprint density at radius 2 is 1.95 bits per heavy atom. The van der Waals surface area contributed by atoms with Crippen LogP contribution < -0.4 is 4.90 Å².